The van der Waals surface area contributed by atoms with Crippen molar-refractivity contribution in [3.05, 3.63) is 22.4 Å². The van der Waals surface area contributed by atoms with Crippen molar-refractivity contribution < 1.29 is 64.4 Å². The number of rotatable bonds is 7. The molecule has 0 aliphatic carbocycles. The van der Waals surface area contributed by atoms with Crippen molar-refractivity contribution in [2.75, 3.05) is 19.3 Å². The zero-order valence-electron chi connectivity index (χ0n) is 10.3. The molecule has 92 valence electrons. The Labute approximate surface area is 150 Å². The molecule has 0 bridgehead atoms. The number of nitrogens with zero attached hydrogens (tertiary/aromatic N) is 1. The van der Waals surface area contributed by atoms with Crippen LogP contribution < -0.4 is 51.4 Å². The normalized spacial score (nSPS) is 11.5. The van der Waals surface area contributed by atoms with Crippen LogP contribution in [0.25, 0.3) is 0 Å². The van der Waals surface area contributed by atoms with Crippen molar-refractivity contribution in [2.45, 2.75) is 19.4 Å². The molecule has 0 N–H and O–H groups in total. The van der Waals surface area contributed by atoms with E-state index in [1.54, 1.807) is 11.3 Å². The fourth-order valence-electron chi connectivity index (χ4n) is 1.43. The first-order valence-corrected chi connectivity index (χ1v) is 7.62. The van der Waals surface area contributed by atoms with Crippen LogP contribution in [0.15, 0.2) is 16.8 Å². The van der Waals surface area contributed by atoms with E-state index in [0.29, 0.717) is 6.42 Å². The summed E-state index contributed by atoms with van der Waals surface area (Å²) in [4.78, 5) is 2.12. The summed E-state index contributed by atoms with van der Waals surface area (Å²) in [7, 11) is -2.05. The molecular weight excluding hydrogens is 285 g/mol. The minimum Gasteiger partial charge on any atom is -0.748 e. The third kappa shape index (κ3) is 9.74. The molecule has 0 saturated carbocycles. The van der Waals surface area contributed by atoms with Crippen LogP contribution in [0.5, 0.6) is 0 Å². The predicted octanol–water partition coefficient (Wildman–Crippen LogP) is -1.49. The molecule has 7 heteroatoms. The van der Waals surface area contributed by atoms with Gasteiger partial charge in [-0.05, 0) is 48.8 Å². The first-order valence-electron chi connectivity index (χ1n) is 5.10. The fourth-order valence-corrected chi connectivity index (χ4v) is 2.65. The van der Waals surface area contributed by atoms with Crippen molar-refractivity contribution in [3.63, 3.8) is 0 Å². The second kappa shape index (κ2) is 9.16. The van der Waals surface area contributed by atoms with Gasteiger partial charge in [0, 0.05) is 12.3 Å². The number of unbranched alkanes of at least 4 members (excludes halogenated alkanes) is 1. The van der Waals surface area contributed by atoms with Crippen LogP contribution in [0.3, 0.4) is 0 Å². The summed E-state index contributed by atoms with van der Waals surface area (Å²) in [5.74, 6) is -0.251. The molecule has 0 aliphatic rings. The number of hydrogen-bond acceptors (Lipinski definition) is 5. The van der Waals surface area contributed by atoms with E-state index in [-0.39, 0.29) is 57.1 Å². The zero-order valence-corrected chi connectivity index (χ0v) is 15.0. The summed E-state index contributed by atoms with van der Waals surface area (Å²) in [6, 6.07) is 2.07. The Morgan fingerprint density at radius 1 is 1.41 bits per heavy atom. The molecule has 4 nitrogen and oxygen atoms in total. The summed E-state index contributed by atoms with van der Waals surface area (Å²) in [5.41, 5.74) is 1.27. The fraction of sp³-hybridized carbons (Fsp3) is 0.600. The Morgan fingerprint density at radius 3 is 2.65 bits per heavy atom. The van der Waals surface area contributed by atoms with E-state index in [1.807, 2.05) is 12.4 Å². The van der Waals surface area contributed by atoms with Crippen molar-refractivity contribution in [1.82, 2.24) is 4.90 Å². The van der Waals surface area contributed by atoms with Crippen LogP contribution in [0, 0.1) is 0 Å². The minimum absolute atomic E-state index is 0. The van der Waals surface area contributed by atoms with Gasteiger partial charge in [0.15, 0.2) is 0 Å². The molecule has 0 atom stereocenters. The maximum atomic E-state index is 10.4. The van der Waals surface area contributed by atoms with Crippen LogP contribution >= 0.6 is 11.3 Å². The maximum Gasteiger partial charge on any atom is 1.00 e. The summed E-state index contributed by atoms with van der Waals surface area (Å²) in [5, 5.41) is 4.13. The van der Waals surface area contributed by atoms with Gasteiger partial charge in [0.25, 0.3) is 0 Å². The summed E-state index contributed by atoms with van der Waals surface area (Å²) >= 11 is 1.67. The molecule has 0 radical (unpaired) electrons. The maximum absolute atomic E-state index is 10.4. The summed E-state index contributed by atoms with van der Waals surface area (Å²) < 4.78 is 31.1. The largest absolute Gasteiger partial charge is 1.00 e. The molecule has 0 spiro atoms. The molecular formula is C10H16KNO3S2. The van der Waals surface area contributed by atoms with Crippen LogP contribution in [-0.2, 0) is 16.7 Å². The first-order chi connectivity index (χ1) is 7.47. The Hall–Kier alpha value is 1.21. The SMILES string of the molecule is CN(CCCCS(=O)(=O)[O-])Cc1ccsc1.[K+]. The molecule has 17 heavy (non-hydrogen) atoms. The standard InChI is InChI=1S/C10H17NO3S2.K/c1-11(8-10-4-6-15-9-10)5-2-3-7-16(12,13)14;/h4,6,9H,2-3,5,7-8H2,1H3,(H,12,13,14);/q;+1/p-1. The second-order valence-electron chi connectivity index (χ2n) is 3.84. The third-order valence-electron chi connectivity index (χ3n) is 2.22. The van der Waals surface area contributed by atoms with Crippen molar-refractivity contribution >= 4 is 21.5 Å². The Balaban J connectivity index is 0.00000256. The number of hydrogen-bond donors (Lipinski definition) is 0. The van der Waals surface area contributed by atoms with E-state index in [4.69, 9.17) is 0 Å². The van der Waals surface area contributed by atoms with E-state index in [1.165, 1.54) is 5.56 Å². The van der Waals surface area contributed by atoms with E-state index in [9.17, 15) is 13.0 Å². The summed E-state index contributed by atoms with van der Waals surface area (Å²) in [6.45, 7) is 1.68. The van der Waals surface area contributed by atoms with Gasteiger partial charge in [0.2, 0.25) is 0 Å². The Kier molecular flexibility index (Phi) is 9.81. The smallest absolute Gasteiger partial charge is 0.748 e. The Bertz CT molecular complexity index is 392. The van der Waals surface area contributed by atoms with Crippen molar-refractivity contribution in [2.24, 2.45) is 0 Å². The molecule has 1 aromatic heterocycles. The topological polar surface area (TPSA) is 60.4 Å². The van der Waals surface area contributed by atoms with Gasteiger partial charge in [-0.1, -0.05) is 0 Å². The van der Waals surface area contributed by atoms with E-state index < -0.39 is 10.1 Å². The monoisotopic (exact) mass is 301 g/mol. The molecule has 0 unspecified atom stereocenters. The first kappa shape index (κ1) is 18.2. The summed E-state index contributed by atoms with van der Waals surface area (Å²) in [6.07, 6.45) is 1.18. The van der Waals surface area contributed by atoms with E-state index in [2.05, 4.69) is 16.3 Å². The second-order valence-corrected chi connectivity index (χ2v) is 6.14. The Morgan fingerprint density at radius 2 is 2.12 bits per heavy atom. The van der Waals surface area contributed by atoms with Crippen molar-refractivity contribution in [1.29, 1.82) is 0 Å². The third-order valence-corrected chi connectivity index (χ3v) is 3.74. The van der Waals surface area contributed by atoms with Gasteiger partial charge in [-0.2, -0.15) is 11.3 Å². The van der Waals surface area contributed by atoms with Gasteiger partial charge in [0.05, 0.1) is 10.1 Å². The number of thiophene rings is 1. The predicted molar refractivity (Wildman–Crippen MR) is 64.5 cm³/mol. The van der Waals surface area contributed by atoms with Crippen molar-refractivity contribution in [3.8, 4) is 0 Å². The minimum atomic E-state index is -4.04. The average Bonchev–Trinajstić information content (AvgIpc) is 2.63. The quantitative estimate of drug-likeness (QED) is 0.350. The average molecular weight is 301 g/mol. The van der Waals surface area contributed by atoms with Gasteiger partial charge in [-0.25, -0.2) is 8.42 Å². The van der Waals surface area contributed by atoms with Crippen LogP contribution in [0.1, 0.15) is 18.4 Å². The van der Waals surface area contributed by atoms with E-state index in [0.717, 1.165) is 19.5 Å². The van der Waals surface area contributed by atoms with Crippen LogP contribution in [-0.4, -0.2) is 37.2 Å². The van der Waals surface area contributed by atoms with Crippen LogP contribution in [0.4, 0.5) is 0 Å². The molecule has 0 saturated heterocycles. The molecule has 0 aromatic carbocycles. The molecule has 1 rings (SSSR count). The molecule has 1 aromatic rings. The molecule has 1 heterocycles. The van der Waals surface area contributed by atoms with Crippen LogP contribution in [0.2, 0.25) is 0 Å². The van der Waals surface area contributed by atoms with Gasteiger partial charge in [-0.3, -0.25) is 0 Å². The van der Waals surface area contributed by atoms with Gasteiger partial charge < -0.3 is 9.45 Å². The van der Waals surface area contributed by atoms with E-state index >= 15 is 0 Å². The zero-order chi connectivity index (χ0) is 12.0. The molecule has 0 fully saturated rings. The molecule has 0 amide bonds. The van der Waals surface area contributed by atoms with Gasteiger partial charge in [0.1, 0.15) is 0 Å². The van der Waals surface area contributed by atoms with Gasteiger partial charge in [-0.15, -0.1) is 0 Å². The molecule has 0 aliphatic heterocycles. The van der Waals surface area contributed by atoms with Gasteiger partial charge >= 0.3 is 51.4 Å².